The summed E-state index contributed by atoms with van der Waals surface area (Å²) in [4.78, 5) is 11.8. The molecule has 0 fully saturated rings. The quantitative estimate of drug-likeness (QED) is 0.409. The summed E-state index contributed by atoms with van der Waals surface area (Å²) in [6, 6.07) is 0. The van der Waals surface area contributed by atoms with Gasteiger partial charge in [0.05, 0.1) is 4.91 Å². The lowest BCUT2D eigenvalue weighted by Gasteiger charge is -2.09. The largest absolute Gasteiger partial charge is 0.444 e. The average molecular weight is 225 g/mol. The first-order valence-corrected chi connectivity index (χ1v) is 5.61. The highest BCUT2D eigenvalue weighted by atomic mass is 32.2. The maximum absolute atomic E-state index is 11.4. The van der Waals surface area contributed by atoms with E-state index in [-0.39, 0.29) is 5.91 Å². The van der Waals surface area contributed by atoms with E-state index in [1.807, 2.05) is 6.92 Å². The number of rotatable bonds is 6. The Kier molecular flexibility index (Phi) is 6.91. The lowest BCUT2D eigenvalue weighted by molar-refractivity contribution is -0.115. The highest BCUT2D eigenvalue weighted by Crippen LogP contribution is 2.12. The summed E-state index contributed by atoms with van der Waals surface area (Å²) in [6.07, 6.45) is 3.20. The molecule has 0 bridgehead atoms. The van der Waals surface area contributed by atoms with Gasteiger partial charge in [0.15, 0.2) is 0 Å². The predicted octanol–water partition coefficient (Wildman–Crippen LogP) is 1.52. The van der Waals surface area contributed by atoms with E-state index in [9.17, 15) is 9.82 Å². The van der Waals surface area contributed by atoms with Gasteiger partial charge < -0.3 is 10.3 Å². The normalized spacial score (nSPS) is 10.7. The van der Waals surface area contributed by atoms with Crippen LogP contribution in [0.5, 0.6) is 0 Å². The fourth-order valence-corrected chi connectivity index (χ4v) is 1.37. The van der Waals surface area contributed by atoms with Gasteiger partial charge in [-0.2, -0.15) is 0 Å². The van der Waals surface area contributed by atoms with E-state index < -0.39 is 7.05 Å². The minimum absolute atomic E-state index is 0.342. The van der Waals surface area contributed by atoms with Gasteiger partial charge in [-0.05, 0) is 12.7 Å². The van der Waals surface area contributed by atoms with Crippen LogP contribution >= 0.6 is 11.8 Å². The molecule has 0 aromatic carbocycles. The third kappa shape index (κ3) is 5.49. The molecule has 0 unspecified atom stereocenters. The minimum atomic E-state index is -0.982. The van der Waals surface area contributed by atoms with Crippen LogP contribution in [0.25, 0.3) is 0 Å². The second kappa shape index (κ2) is 7.37. The molecule has 0 aromatic heterocycles. The lowest BCUT2D eigenvalue weighted by Crippen LogP contribution is -2.40. The molecule has 0 radical (unpaired) electrons. The maximum atomic E-state index is 11.4. The van der Waals surface area contributed by atoms with Crippen LogP contribution in [0.3, 0.4) is 0 Å². The molecule has 0 aliphatic carbocycles. The van der Waals surface area contributed by atoms with Crippen LogP contribution in [0, 0.1) is 0 Å². The number of allylic oxidation sites excluding steroid dienone is 3. The van der Waals surface area contributed by atoms with Gasteiger partial charge in [-0.1, -0.05) is 37.7 Å². The van der Waals surface area contributed by atoms with E-state index in [0.29, 0.717) is 10.4 Å². The molecule has 1 amide bonds. The first-order chi connectivity index (χ1) is 7.02. The van der Waals surface area contributed by atoms with E-state index in [0.717, 1.165) is 5.75 Å². The van der Waals surface area contributed by atoms with E-state index in [2.05, 4.69) is 18.4 Å². The van der Waals surface area contributed by atoms with Crippen LogP contribution in [0.1, 0.15) is 13.8 Å². The van der Waals surface area contributed by atoms with Gasteiger partial charge in [0.1, 0.15) is 0 Å². The van der Waals surface area contributed by atoms with Crippen LogP contribution in [0.2, 0.25) is 0 Å². The highest BCUT2D eigenvalue weighted by molar-refractivity contribution is 8.03. The molecule has 15 heavy (non-hydrogen) atoms. The van der Waals surface area contributed by atoms with Crippen LogP contribution in [0.4, 0.5) is 0 Å². The van der Waals surface area contributed by atoms with Crippen molar-refractivity contribution in [2.24, 2.45) is 0 Å². The van der Waals surface area contributed by atoms with E-state index in [1.54, 1.807) is 19.1 Å². The van der Waals surface area contributed by atoms with Gasteiger partial charge in [-0.15, -0.1) is 11.8 Å². The summed E-state index contributed by atoms with van der Waals surface area (Å²) in [5.41, 5.74) is 0.632. The summed E-state index contributed by atoms with van der Waals surface area (Å²) < 4.78 is 0. The first-order valence-electron chi connectivity index (χ1n) is 4.62. The summed E-state index contributed by atoms with van der Waals surface area (Å²) in [6.45, 7) is 10.8. The van der Waals surface area contributed by atoms with E-state index >= 15 is 0 Å². The molecule has 5 heteroatoms. The standard InChI is InChI=1S/C10H16BNO2S/c1-5-7-8(3)11(14)12-10(13)9(4)15-6-2/h5,7,14H,1,4,6H2,2-3H3,(H,12,13)/b8-7+. The minimum Gasteiger partial charge on any atom is -0.429 e. The van der Waals surface area contributed by atoms with Crippen LogP contribution < -0.4 is 5.23 Å². The van der Waals surface area contributed by atoms with Gasteiger partial charge in [-0.25, -0.2) is 0 Å². The number of amides is 1. The molecule has 0 atom stereocenters. The van der Waals surface area contributed by atoms with Crippen molar-refractivity contribution in [3.05, 3.63) is 35.7 Å². The van der Waals surface area contributed by atoms with Crippen LogP contribution in [0.15, 0.2) is 35.7 Å². The first kappa shape index (κ1) is 14.1. The molecular formula is C10H16BNO2S. The zero-order chi connectivity index (χ0) is 11.8. The second-order valence-electron chi connectivity index (χ2n) is 2.88. The molecular weight excluding hydrogens is 209 g/mol. The lowest BCUT2D eigenvalue weighted by atomic mass is 9.74. The monoisotopic (exact) mass is 225 g/mol. The average Bonchev–Trinajstić information content (AvgIpc) is 2.18. The van der Waals surface area contributed by atoms with Crippen molar-refractivity contribution in [3.8, 4) is 0 Å². The molecule has 0 heterocycles. The number of thioether (sulfide) groups is 1. The van der Waals surface area contributed by atoms with Crippen molar-refractivity contribution in [3.63, 3.8) is 0 Å². The van der Waals surface area contributed by atoms with Crippen LogP contribution in [-0.2, 0) is 4.79 Å². The molecule has 0 aromatic rings. The fraction of sp³-hybridized carbons (Fsp3) is 0.300. The number of nitrogens with one attached hydrogen (secondary N) is 1. The molecule has 0 spiro atoms. The topological polar surface area (TPSA) is 49.3 Å². The Bertz CT molecular complexity index is 289. The molecule has 0 aliphatic rings. The fourth-order valence-electron chi connectivity index (χ4n) is 0.835. The third-order valence-corrected chi connectivity index (χ3v) is 2.47. The molecule has 0 saturated carbocycles. The van der Waals surface area contributed by atoms with E-state index in [1.165, 1.54) is 11.8 Å². The summed E-state index contributed by atoms with van der Waals surface area (Å²) >= 11 is 1.35. The molecule has 0 aliphatic heterocycles. The Morgan fingerprint density at radius 3 is 2.73 bits per heavy atom. The number of hydrogen-bond acceptors (Lipinski definition) is 3. The van der Waals surface area contributed by atoms with Crippen molar-refractivity contribution < 1.29 is 9.82 Å². The highest BCUT2D eigenvalue weighted by Gasteiger charge is 2.18. The predicted molar refractivity (Wildman–Crippen MR) is 67.3 cm³/mol. The molecule has 82 valence electrons. The van der Waals surface area contributed by atoms with Gasteiger partial charge in [0.25, 0.3) is 0 Å². The second-order valence-corrected chi connectivity index (χ2v) is 4.24. The zero-order valence-electron chi connectivity index (χ0n) is 9.12. The maximum Gasteiger partial charge on any atom is 0.444 e. The zero-order valence-corrected chi connectivity index (χ0v) is 9.93. The van der Waals surface area contributed by atoms with Crippen molar-refractivity contribution >= 4 is 24.7 Å². The number of hydrogen-bond donors (Lipinski definition) is 2. The Morgan fingerprint density at radius 2 is 2.27 bits per heavy atom. The molecule has 2 N–H and O–H groups in total. The molecule has 0 rings (SSSR count). The number of carbonyl (C=O) groups excluding carboxylic acids is 1. The van der Waals surface area contributed by atoms with Gasteiger partial charge >= 0.3 is 7.05 Å². The third-order valence-electron chi connectivity index (χ3n) is 1.65. The van der Waals surface area contributed by atoms with E-state index in [4.69, 9.17) is 0 Å². The van der Waals surface area contributed by atoms with Crippen molar-refractivity contribution in [2.45, 2.75) is 13.8 Å². The number of carbonyl (C=O) groups is 1. The van der Waals surface area contributed by atoms with Gasteiger partial charge in [0, 0.05) is 0 Å². The van der Waals surface area contributed by atoms with Gasteiger partial charge in [0.2, 0.25) is 5.91 Å². The summed E-state index contributed by atoms with van der Waals surface area (Å²) in [5.74, 6) is 0.440. The van der Waals surface area contributed by atoms with Crippen molar-refractivity contribution in [2.75, 3.05) is 5.75 Å². The summed E-state index contributed by atoms with van der Waals surface area (Å²) in [5, 5.41) is 12.0. The molecule has 0 saturated heterocycles. The Morgan fingerprint density at radius 1 is 1.67 bits per heavy atom. The van der Waals surface area contributed by atoms with Crippen LogP contribution in [-0.4, -0.2) is 23.7 Å². The smallest absolute Gasteiger partial charge is 0.429 e. The molecule has 3 nitrogen and oxygen atoms in total. The SMILES string of the molecule is C=C/C=C(\C)B(O)NC(=O)C(=C)SCC. The summed E-state index contributed by atoms with van der Waals surface area (Å²) in [7, 11) is -0.982. The van der Waals surface area contributed by atoms with Crippen molar-refractivity contribution in [1.29, 1.82) is 0 Å². The Labute approximate surface area is 95.5 Å². The Hall–Kier alpha value is -0.935. The Balaban J connectivity index is 4.23. The van der Waals surface area contributed by atoms with Gasteiger partial charge in [-0.3, -0.25) is 4.79 Å². The van der Waals surface area contributed by atoms with Crippen molar-refractivity contribution in [1.82, 2.24) is 5.23 Å².